The van der Waals surface area contributed by atoms with Crippen molar-refractivity contribution in [1.29, 1.82) is 0 Å². The van der Waals surface area contributed by atoms with Crippen molar-refractivity contribution in [2.24, 2.45) is 0 Å². The van der Waals surface area contributed by atoms with Gasteiger partial charge < -0.3 is 106 Å². The van der Waals surface area contributed by atoms with Crippen LogP contribution >= 0.6 is 0 Å². The van der Waals surface area contributed by atoms with E-state index in [1.807, 2.05) is 0 Å². The van der Waals surface area contributed by atoms with Gasteiger partial charge in [0.15, 0.2) is 18.9 Å². The highest BCUT2D eigenvalue weighted by molar-refractivity contribution is 5.84. The summed E-state index contributed by atoms with van der Waals surface area (Å²) >= 11 is 0. The number of hydrogen-bond donors (Lipinski definition) is 15. The van der Waals surface area contributed by atoms with Gasteiger partial charge in [-0.2, -0.15) is 0 Å². The molecule has 0 aromatic rings. The molecule has 3 amide bonds. The van der Waals surface area contributed by atoms with E-state index in [1.54, 1.807) is 6.92 Å². The number of amides is 3. The molecule has 3 saturated heterocycles. The summed E-state index contributed by atoms with van der Waals surface area (Å²) in [6, 6.07) is -1.06. The Hall–Kier alpha value is -2.68. The molecule has 3 rings (SSSR count). The number of nitrogens with one attached hydrogen (secondary N) is 3. The molecule has 3 fully saturated rings. The number of aliphatic hydroxyl groups excluding tert-OH is 12. The Morgan fingerprint density at radius 1 is 0.547 bits per heavy atom. The number of carbonyl (C=O) groups excluding carboxylic acids is 4. The molecule has 0 aromatic heterocycles. The fourth-order valence-electron chi connectivity index (χ4n) is 6.91. The van der Waals surface area contributed by atoms with E-state index in [0.29, 0.717) is 32.1 Å². The standard InChI is InChI=1S/C38H68N4O22/c1-2-20(46)6-4-3-5-8-39-24(47)12-42(13-25(48)40-9-11-60-37-34(57)31(54)28(51)22(16-44)63-37)14-26(49)41-19(18-61-38-35(58)32(55)29(52)23(17-45)64-38)7-10-59-36-33(56)30(53)27(50)21(15-43)62-36/h19,21-23,27-38,43-45,50-58H,2-18H2,1H3,(H,39,47)(H,40,48)(H,41,49)/t19-,21-,22-,23-,27-,28-,29-,30+,31+,32+,33+,34+,35+,36+,37+,38+/m1/s1. The molecular weight excluding hydrogens is 864 g/mol. The van der Waals surface area contributed by atoms with Gasteiger partial charge in [0.25, 0.3) is 0 Å². The number of ether oxygens (including phenoxy) is 6. The van der Waals surface area contributed by atoms with E-state index in [2.05, 4.69) is 16.0 Å². The topological polar surface area (TPSA) is 406 Å². The predicted molar refractivity (Wildman–Crippen MR) is 212 cm³/mol. The molecule has 0 radical (unpaired) electrons. The lowest BCUT2D eigenvalue weighted by Crippen LogP contribution is -2.60. The first-order valence-corrected chi connectivity index (χ1v) is 21.3. The summed E-state index contributed by atoms with van der Waals surface area (Å²) in [5.74, 6) is -1.89. The summed E-state index contributed by atoms with van der Waals surface area (Å²) in [5.41, 5.74) is 0. The van der Waals surface area contributed by atoms with Crippen LogP contribution in [0.5, 0.6) is 0 Å². The first kappa shape index (κ1) is 55.6. The summed E-state index contributed by atoms with van der Waals surface area (Å²) in [4.78, 5) is 52.5. The zero-order chi connectivity index (χ0) is 47.5. The molecule has 26 heteroatoms. The normalized spacial score (nSPS) is 33.7. The van der Waals surface area contributed by atoms with Crippen LogP contribution in [-0.2, 0) is 47.6 Å². The monoisotopic (exact) mass is 932 g/mol. The van der Waals surface area contributed by atoms with Crippen molar-refractivity contribution in [3.05, 3.63) is 0 Å². The average Bonchev–Trinajstić information content (AvgIpc) is 3.27. The van der Waals surface area contributed by atoms with Crippen molar-refractivity contribution in [2.45, 2.75) is 144 Å². The Kier molecular flexibility index (Phi) is 24.8. The lowest BCUT2D eigenvalue weighted by Gasteiger charge is -2.40. The first-order chi connectivity index (χ1) is 30.4. The second-order valence-corrected chi connectivity index (χ2v) is 15.8. The molecule has 3 aliphatic rings. The number of carbonyl (C=O) groups is 4. The van der Waals surface area contributed by atoms with Crippen LogP contribution in [0.15, 0.2) is 0 Å². The van der Waals surface area contributed by atoms with E-state index in [4.69, 9.17) is 28.4 Å². The highest BCUT2D eigenvalue weighted by atomic mass is 16.7. The molecule has 0 bridgehead atoms. The minimum Gasteiger partial charge on any atom is -0.394 e. The van der Waals surface area contributed by atoms with Gasteiger partial charge in [0.1, 0.15) is 79.0 Å². The number of unbranched alkanes of at least 4 members (excludes halogenated alkanes) is 2. The van der Waals surface area contributed by atoms with Gasteiger partial charge in [-0.15, -0.1) is 0 Å². The maximum absolute atomic E-state index is 13.6. The SMILES string of the molecule is CCC(=O)CCCCCNC(=O)CN(CC(=O)NCCO[C@H]1O[C@H](CO)[C@@H](O)[C@H](O)[C@@H]1O)CC(=O)N[C@H](CCO[C@H]1O[C@H](CO)[C@@H](O)[C@H](O)[C@@H]1O)CO[C@H]1O[C@H](CO)[C@@H](O)[C@H](O)[C@@H]1O. The van der Waals surface area contributed by atoms with E-state index >= 15 is 0 Å². The van der Waals surface area contributed by atoms with Gasteiger partial charge in [-0.1, -0.05) is 13.3 Å². The van der Waals surface area contributed by atoms with Crippen LogP contribution < -0.4 is 16.0 Å². The molecule has 64 heavy (non-hydrogen) atoms. The van der Waals surface area contributed by atoms with E-state index in [1.165, 1.54) is 4.90 Å². The van der Waals surface area contributed by atoms with Gasteiger partial charge in [-0.3, -0.25) is 24.1 Å². The maximum atomic E-state index is 13.6. The van der Waals surface area contributed by atoms with Gasteiger partial charge in [0.05, 0.1) is 65.3 Å². The van der Waals surface area contributed by atoms with Crippen LogP contribution in [0.25, 0.3) is 0 Å². The Labute approximate surface area is 368 Å². The Morgan fingerprint density at radius 3 is 1.45 bits per heavy atom. The fraction of sp³-hybridized carbons (Fsp3) is 0.895. The van der Waals surface area contributed by atoms with Crippen molar-refractivity contribution < 1.29 is 109 Å². The van der Waals surface area contributed by atoms with E-state index < -0.39 is 162 Å². The van der Waals surface area contributed by atoms with Crippen LogP contribution in [0.1, 0.15) is 45.4 Å². The molecule has 26 nitrogen and oxygen atoms in total. The summed E-state index contributed by atoms with van der Waals surface area (Å²) in [5, 5.41) is 128. The fourth-order valence-corrected chi connectivity index (χ4v) is 6.91. The third kappa shape index (κ3) is 17.2. The number of Topliss-reactive ketones (excluding diaryl/α,β-unsaturated/α-hetero) is 1. The molecule has 15 N–H and O–H groups in total. The molecule has 0 aromatic carbocycles. The summed E-state index contributed by atoms with van der Waals surface area (Å²) in [7, 11) is 0. The van der Waals surface area contributed by atoms with E-state index in [-0.39, 0.29) is 38.5 Å². The van der Waals surface area contributed by atoms with Crippen LogP contribution in [-0.4, -0.2) is 260 Å². The zero-order valence-corrected chi connectivity index (χ0v) is 35.7. The van der Waals surface area contributed by atoms with Crippen LogP contribution in [0.4, 0.5) is 0 Å². The quantitative estimate of drug-likeness (QED) is 0.0324. The van der Waals surface area contributed by atoms with Crippen LogP contribution in [0.3, 0.4) is 0 Å². The summed E-state index contributed by atoms with van der Waals surface area (Å²) in [6.07, 6.45) is -21.2. The lowest BCUT2D eigenvalue weighted by atomic mass is 9.99. The highest BCUT2D eigenvalue weighted by Gasteiger charge is 2.46. The van der Waals surface area contributed by atoms with Gasteiger partial charge in [0, 0.05) is 25.9 Å². The summed E-state index contributed by atoms with van der Waals surface area (Å²) < 4.78 is 32.6. The zero-order valence-electron chi connectivity index (χ0n) is 35.7. The molecule has 0 spiro atoms. The molecule has 0 unspecified atom stereocenters. The predicted octanol–water partition coefficient (Wildman–Crippen LogP) is -8.62. The number of hydrogen-bond acceptors (Lipinski definition) is 23. The van der Waals surface area contributed by atoms with Crippen LogP contribution in [0, 0.1) is 0 Å². The van der Waals surface area contributed by atoms with Crippen molar-refractivity contribution >= 4 is 23.5 Å². The molecule has 16 atom stereocenters. The second kappa shape index (κ2) is 28.5. The number of rotatable bonds is 28. The molecular formula is C38H68N4O22. The van der Waals surface area contributed by atoms with Crippen LogP contribution in [0.2, 0.25) is 0 Å². The summed E-state index contributed by atoms with van der Waals surface area (Å²) in [6.45, 7) is -2.97. The first-order valence-electron chi connectivity index (χ1n) is 21.3. The van der Waals surface area contributed by atoms with Crippen molar-refractivity contribution in [3.8, 4) is 0 Å². The molecule has 372 valence electrons. The highest BCUT2D eigenvalue weighted by Crippen LogP contribution is 2.25. The molecule has 3 aliphatic heterocycles. The van der Waals surface area contributed by atoms with Gasteiger partial charge in [-0.25, -0.2) is 0 Å². The van der Waals surface area contributed by atoms with Gasteiger partial charge in [0.2, 0.25) is 17.7 Å². The third-order valence-corrected chi connectivity index (χ3v) is 10.8. The van der Waals surface area contributed by atoms with Crippen molar-refractivity contribution in [3.63, 3.8) is 0 Å². The second-order valence-electron chi connectivity index (χ2n) is 15.8. The maximum Gasteiger partial charge on any atom is 0.234 e. The lowest BCUT2D eigenvalue weighted by molar-refractivity contribution is -0.304. The Bertz CT molecular complexity index is 1400. The number of nitrogens with zero attached hydrogens (tertiary/aromatic N) is 1. The molecule has 3 heterocycles. The van der Waals surface area contributed by atoms with Gasteiger partial charge >= 0.3 is 0 Å². The van der Waals surface area contributed by atoms with Crippen molar-refractivity contribution in [2.75, 3.05) is 72.4 Å². The minimum absolute atomic E-state index is 0.126. The Balaban J connectivity index is 1.67. The Morgan fingerprint density at radius 2 is 0.984 bits per heavy atom. The average molecular weight is 933 g/mol. The number of ketones is 1. The molecule has 0 aliphatic carbocycles. The van der Waals surface area contributed by atoms with E-state index in [0.717, 1.165) is 0 Å². The number of aliphatic hydroxyl groups is 12. The largest absolute Gasteiger partial charge is 0.394 e. The van der Waals surface area contributed by atoms with Crippen molar-refractivity contribution in [1.82, 2.24) is 20.9 Å². The third-order valence-electron chi connectivity index (χ3n) is 10.8. The smallest absolute Gasteiger partial charge is 0.234 e. The van der Waals surface area contributed by atoms with E-state index in [9.17, 15) is 80.5 Å². The van der Waals surface area contributed by atoms with Gasteiger partial charge in [-0.05, 0) is 19.3 Å². The molecule has 0 saturated carbocycles. The minimum atomic E-state index is -1.80.